The Labute approximate surface area is 214 Å². The molecule has 0 saturated carbocycles. The van der Waals surface area contributed by atoms with E-state index in [0.717, 1.165) is 16.4 Å². The van der Waals surface area contributed by atoms with Gasteiger partial charge in [-0.25, -0.2) is 0 Å². The smallest absolute Gasteiger partial charge is 1.00 e. The molecule has 0 nitrogen and oxygen atoms in total. The Kier molecular flexibility index (Phi) is 11.4. The summed E-state index contributed by atoms with van der Waals surface area (Å²) in [5, 5.41) is 6.62. The molecular formula is C26H28Cl2P2Zr. The SMILES string of the molecule is CCCc1c[c]([Zr+2][c]2cc(CCC)[pH]c2-c2ccccc2)c(-c2ccccc2)[pH]1.[Cl-].[Cl-]. The Balaban J connectivity index is 0.00000171. The second-order valence-corrected chi connectivity index (χ2v) is 13.6. The Morgan fingerprint density at radius 1 is 0.613 bits per heavy atom. The van der Waals surface area contributed by atoms with Gasteiger partial charge in [0.2, 0.25) is 0 Å². The van der Waals surface area contributed by atoms with Crippen molar-refractivity contribution in [1.29, 1.82) is 0 Å². The van der Waals surface area contributed by atoms with Gasteiger partial charge in [0.15, 0.2) is 0 Å². The van der Waals surface area contributed by atoms with Gasteiger partial charge < -0.3 is 24.8 Å². The van der Waals surface area contributed by atoms with Crippen molar-refractivity contribution in [3.63, 3.8) is 0 Å². The number of halogens is 2. The van der Waals surface area contributed by atoms with Gasteiger partial charge in [-0.2, -0.15) is 0 Å². The van der Waals surface area contributed by atoms with E-state index in [2.05, 4.69) is 86.6 Å². The molecule has 2 aromatic carbocycles. The van der Waals surface area contributed by atoms with Crippen LogP contribution in [0.3, 0.4) is 0 Å². The third-order valence-corrected chi connectivity index (χ3v) is 12.7. The van der Waals surface area contributed by atoms with E-state index in [-0.39, 0.29) is 24.8 Å². The first-order chi connectivity index (χ1) is 14.3. The molecule has 0 spiro atoms. The summed E-state index contributed by atoms with van der Waals surface area (Å²) < 4.78 is 3.42. The van der Waals surface area contributed by atoms with Crippen molar-refractivity contribution in [2.75, 3.05) is 0 Å². The molecule has 0 N–H and O–H groups in total. The molecular weight excluding hydrogens is 536 g/mol. The third kappa shape index (κ3) is 6.73. The summed E-state index contributed by atoms with van der Waals surface area (Å²) in [6.07, 6.45) is 5.00. The molecule has 5 heteroatoms. The largest absolute Gasteiger partial charge is 1.00 e. The summed E-state index contributed by atoms with van der Waals surface area (Å²) in [7, 11) is 1.75. The minimum Gasteiger partial charge on any atom is -1.00 e. The zero-order valence-corrected chi connectivity index (χ0v) is 24.0. The molecule has 0 saturated heterocycles. The first kappa shape index (κ1) is 26.7. The van der Waals surface area contributed by atoms with E-state index in [0.29, 0.717) is 0 Å². The van der Waals surface area contributed by atoms with Gasteiger partial charge in [-0.05, 0) is 0 Å². The third-order valence-electron chi connectivity index (χ3n) is 5.18. The van der Waals surface area contributed by atoms with Crippen LogP contribution in [-0.4, -0.2) is 0 Å². The van der Waals surface area contributed by atoms with Crippen LogP contribution in [0.25, 0.3) is 21.7 Å². The van der Waals surface area contributed by atoms with E-state index in [1.54, 1.807) is 27.7 Å². The van der Waals surface area contributed by atoms with Gasteiger partial charge in [0.1, 0.15) is 0 Å². The molecule has 31 heavy (non-hydrogen) atoms. The van der Waals surface area contributed by atoms with E-state index < -0.39 is 23.2 Å². The van der Waals surface area contributed by atoms with Gasteiger partial charge in [0.05, 0.1) is 0 Å². The van der Waals surface area contributed by atoms with Crippen molar-refractivity contribution >= 4 is 22.9 Å². The van der Waals surface area contributed by atoms with Crippen LogP contribution < -0.4 is 31.4 Å². The molecule has 2 atom stereocenters. The molecule has 0 bridgehead atoms. The van der Waals surface area contributed by atoms with Crippen LogP contribution in [0, 0.1) is 0 Å². The number of aryl methyl sites for hydroxylation is 2. The molecule has 0 aliphatic heterocycles. The van der Waals surface area contributed by atoms with Crippen molar-refractivity contribution in [2.45, 2.75) is 39.5 Å². The summed E-state index contributed by atoms with van der Waals surface area (Å²) >= 11 is -0.845. The molecule has 2 unspecified atom stereocenters. The van der Waals surface area contributed by atoms with Gasteiger partial charge in [-0.15, -0.1) is 0 Å². The summed E-state index contributed by atoms with van der Waals surface area (Å²) in [5.74, 6) is 0. The first-order valence-electron chi connectivity index (χ1n) is 10.6. The molecule has 0 amide bonds. The van der Waals surface area contributed by atoms with Crippen LogP contribution in [0.15, 0.2) is 72.8 Å². The predicted octanol–water partition coefficient (Wildman–Crippen LogP) is 1.03. The summed E-state index contributed by atoms with van der Waals surface area (Å²) in [6.45, 7) is 4.61. The molecule has 160 valence electrons. The Morgan fingerprint density at radius 3 is 1.35 bits per heavy atom. The van der Waals surface area contributed by atoms with E-state index in [9.17, 15) is 0 Å². The van der Waals surface area contributed by atoms with Crippen LogP contribution in [0.1, 0.15) is 37.3 Å². The van der Waals surface area contributed by atoms with E-state index in [1.165, 1.54) is 36.8 Å². The first-order valence-corrected chi connectivity index (χ1v) is 15.1. The van der Waals surface area contributed by atoms with Crippen LogP contribution in [-0.2, 0) is 36.1 Å². The van der Waals surface area contributed by atoms with Gasteiger partial charge in [0, 0.05) is 0 Å². The second-order valence-electron chi connectivity index (χ2n) is 7.52. The number of hydrogen-bond acceptors (Lipinski definition) is 0. The maximum atomic E-state index is 2.60. The van der Waals surface area contributed by atoms with E-state index in [4.69, 9.17) is 0 Å². The zero-order chi connectivity index (χ0) is 20.1. The molecule has 0 aliphatic rings. The second kappa shape index (κ2) is 13.2. The summed E-state index contributed by atoms with van der Waals surface area (Å²) in [5.41, 5.74) is 2.90. The van der Waals surface area contributed by atoms with Crippen LogP contribution in [0.4, 0.5) is 0 Å². The molecule has 2 heterocycles. The van der Waals surface area contributed by atoms with Crippen molar-refractivity contribution < 1.29 is 48.0 Å². The van der Waals surface area contributed by atoms with E-state index >= 15 is 0 Å². The molecule has 2 aromatic heterocycles. The van der Waals surface area contributed by atoms with Gasteiger partial charge >= 0.3 is 191 Å². The Morgan fingerprint density at radius 2 is 1.00 bits per heavy atom. The normalized spacial score (nSPS) is 10.6. The van der Waals surface area contributed by atoms with Crippen LogP contribution >= 0.6 is 16.4 Å². The van der Waals surface area contributed by atoms with Gasteiger partial charge in [-0.1, -0.05) is 0 Å². The average molecular weight is 565 g/mol. The fourth-order valence-electron chi connectivity index (χ4n) is 3.84. The quantitative estimate of drug-likeness (QED) is 0.300. The summed E-state index contributed by atoms with van der Waals surface area (Å²) in [4.78, 5) is 0. The average Bonchev–Trinajstić information content (AvgIpc) is 3.34. The fourth-order valence-corrected chi connectivity index (χ4v) is 12.3. The number of benzene rings is 2. The standard InChI is InChI=1S/2C13H14P.2ClH.Zr/c2*1-2-6-12-9-10-13(14-12)11-7-4-3-5-8-11;;;/h2*3-5,7-9,14H,2,6H2,1H3;2*1H;/q;;;;+2/p-2. The molecule has 0 fully saturated rings. The Hall–Kier alpha value is -0.537. The van der Waals surface area contributed by atoms with Crippen molar-refractivity contribution in [3.05, 3.63) is 83.4 Å². The van der Waals surface area contributed by atoms with E-state index in [1.807, 2.05) is 0 Å². The van der Waals surface area contributed by atoms with Gasteiger partial charge in [0.25, 0.3) is 0 Å². The minimum absolute atomic E-state index is 0. The van der Waals surface area contributed by atoms with Crippen molar-refractivity contribution in [3.8, 4) is 21.7 Å². The molecule has 0 radical (unpaired) electrons. The Bertz CT molecular complexity index is 970. The number of hydrogen-bond donors (Lipinski definition) is 0. The summed E-state index contributed by atoms with van der Waals surface area (Å²) in [6, 6.07) is 27.5. The topological polar surface area (TPSA) is 0 Å². The maximum absolute atomic E-state index is 2.60. The predicted molar refractivity (Wildman–Crippen MR) is 130 cm³/mol. The van der Waals surface area contributed by atoms with Crippen molar-refractivity contribution in [1.82, 2.24) is 0 Å². The molecule has 4 rings (SSSR count). The number of rotatable bonds is 8. The maximum Gasteiger partial charge on any atom is -1.00 e. The monoisotopic (exact) mass is 562 g/mol. The van der Waals surface area contributed by atoms with Crippen LogP contribution in [0.2, 0.25) is 0 Å². The minimum atomic E-state index is -0.845. The zero-order valence-electron chi connectivity index (χ0n) is 18.0. The molecule has 0 aliphatic carbocycles. The van der Waals surface area contributed by atoms with Gasteiger partial charge in [-0.3, -0.25) is 0 Å². The van der Waals surface area contributed by atoms with Crippen molar-refractivity contribution in [2.24, 2.45) is 0 Å². The fraction of sp³-hybridized carbons (Fsp3) is 0.231. The molecule has 4 aromatic rings. The van der Waals surface area contributed by atoms with Crippen LogP contribution in [0.5, 0.6) is 0 Å².